The van der Waals surface area contributed by atoms with Gasteiger partial charge in [-0.05, 0) is 128 Å². The summed E-state index contributed by atoms with van der Waals surface area (Å²) >= 11 is 0. The molecule has 4 heterocycles. The molecule has 8 rings (SSSR count). The third-order valence-corrected chi connectivity index (χ3v) is 10.9. The van der Waals surface area contributed by atoms with Crippen molar-refractivity contribution in [1.29, 1.82) is 0 Å². The number of benzene rings is 4. The van der Waals surface area contributed by atoms with Gasteiger partial charge in [-0.3, -0.25) is 4.90 Å². The van der Waals surface area contributed by atoms with Crippen LogP contribution in [-0.4, -0.2) is 6.71 Å². The summed E-state index contributed by atoms with van der Waals surface area (Å²) in [6.45, 7) is 29.0. The minimum absolute atomic E-state index is 0.0672. The van der Waals surface area contributed by atoms with Crippen molar-refractivity contribution >= 4 is 68.4 Å². The highest BCUT2D eigenvalue weighted by Crippen LogP contribution is 2.49. The lowest BCUT2D eigenvalue weighted by Crippen LogP contribution is -2.61. The van der Waals surface area contributed by atoms with Gasteiger partial charge in [0.05, 0.1) is 17.6 Å². The molecule has 4 aromatic carbocycles. The third-order valence-electron chi connectivity index (χ3n) is 10.9. The Morgan fingerprint density at radius 3 is 1.62 bits per heavy atom. The Morgan fingerprint density at radius 2 is 1.08 bits per heavy atom. The van der Waals surface area contributed by atoms with Crippen LogP contribution in [0.5, 0.6) is 0 Å². The first kappa shape index (κ1) is 32.6. The molecular weight excluding hydrogens is 611 g/mol. The molecule has 5 heteroatoms. The summed E-state index contributed by atoms with van der Waals surface area (Å²) < 4.78 is 13.9. The first-order valence-electron chi connectivity index (χ1n) is 18.0. The molecule has 0 atom stereocenters. The van der Waals surface area contributed by atoms with Gasteiger partial charge in [-0.1, -0.05) is 76.9 Å². The quantitative estimate of drug-likeness (QED) is 0.173. The second-order valence-electron chi connectivity index (χ2n) is 17.2. The zero-order valence-electron chi connectivity index (χ0n) is 32.1. The van der Waals surface area contributed by atoms with Crippen molar-refractivity contribution in [2.24, 2.45) is 0 Å². The topological polar surface area (TPSA) is 32.8 Å². The summed E-state index contributed by atoms with van der Waals surface area (Å²) in [5.41, 5.74) is 20.3. The molecule has 0 unspecified atom stereocenters. The first-order chi connectivity index (χ1) is 23.5. The van der Waals surface area contributed by atoms with E-state index in [1.807, 2.05) is 6.26 Å². The number of hydrogen-bond acceptors (Lipinski definition) is 4. The largest absolute Gasteiger partial charge is 0.464 e. The highest BCUT2D eigenvalue weighted by molar-refractivity contribution is 7.01. The lowest BCUT2D eigenvalue weighted by molar-refractivity contribution is 0.415. The van der Waals surface area contributed by atoms with Gasteiger partial charge in [0.25, 0.3) is 6.71 Å². The van der Waals surface area contributed by atoms with Gasteiger partial charge in [-0.15, -0.1) is 0 Å². The van der Waals surface area contributed by atoms with E-state index >= 15 is 0 Å². The van der Waals surface area contributed by atoms with Crippen molar-refractivity contribution in [1.82, 2.24) is 0 Å². The van der Waals surface area contributed by atoms with Crippen molar-refractivity contribution in [3.05, 3.63) is 111 Å². The second kappa shape index (κ2) is 10.7. The van der Waals surface area contributed by atoms with Gasteiger partial charge in [0, 0.05) is 33.4 Å². The molecule has 0 N–H and O–H groups in total. The fourth-order valence-corrected chi connectivity index (χ4v) is 8.94. The number of anilines is 6. The fraction of sp³-hybridized carbons (Fsp3) is 0.333. The Balaban J connectivity index is 1.57. The molecule has 6 aromatic rings. The minimum Gasteiger partial charge on any atom is -0.464 e. The first-order valence-corrected chi connectivity index (χ1v) is 18.0. The van der Waals surface area contributed by atoms with Gasteiger partial charge in [-0.2, -0.15) is 0 Å². The molecule has 0 amide bonds. The van der Waals surface area contributed by atoms with E-state index in [1.165, 1.54) is 89.0 Å². The van der Waals surface area contributed by atoms with E-state index in [2.05, 4.69) is 154 Å². The van der Waals surface area contributed by atoms with Crippen LogP contribution in [0, 0.1) is 48.5 Å². The smallest absolute Gasteiger partial charge is 0.261 e. The SMILES string of the molecule is Cc1cc(C)c(N2c3cc(C)cc4c3B(c3cc(C(C)(C)C)oc3N4c3c(C)cc(C)cc3C)c3c2ccc2c(C(C)(C)C)coc32)c(C)c1. The number of fused-ring (bicyclic) bond motifs is 6. The molecule has 0 fully saturated rings. The molecule has 2 aliphatic heterocycles. The summed E-state index contributed by atoms with van der Waals surface area (Å²) in [7, 11) is 0. The lowest BCUT2D eigenvalue weighted by Gasteiger charge is -2.43. The molecule has 0 saturated carbocycles. The lowest BCUT2D eigenvalue weighted by atomic mass is 9.33. The summed E-state index contributed by atoms with van der Waals surface area (Å²) in [6, 6.07) is 21.0. The predicted octanol–water partition coefficient (Wildman–Crippen LogP) is 10.9. The molecule has 0 radical (unpaired) electrons. The predicted molar refractivity (Wildman–Crippen MR) is 213 cm³/mol. The molecule has 4 nitrogen and oxygen atoms in total. The van der Waals surface area contributed by atoms with E-state index < -0.39 is 0 Å². The van der Waals surface area contributed by atoms with Crippen LogP contribution in [0.3, 0.4) is 0 Å². The number of hydrogen-bond donors (Lipinski definition) is 0. The van der Waals surface area contributed by atoms with E-state index in [0.717, 1.165) is 22.9 Å². The highest BCUT2D eigenvalue weighted by Gasteiger charge is 2.48. The van der Waals surface area contributed by atoms with Crippen LogP contribution in [0.1, 0.15) is 91.8 Å². The van der Waals surface area contributed by atoms with Crippen LogP contribution >= 0.6 is 0 Å². The Bertz CT molecular complexity index is 2350. The van der Waals surface area contributed by atoms with Crippen LogP contribution in [-0.2, 0) is 10.8 Å². The molecule has 0 bridgehead atoms. The van der Waals surface area contributed by atoms with Crippen LogP contribution in [0.15, 0.2) is 69.7 Å². The Kier molecular flexibility index (Phi) is 6.96. The van der Waals surface area contributed by atoms with E-state index in [4.69, 9.17) is 8.83 Å². The van der Waals surface area contributed by atoms with Crippen LogP contribution < -0.4 is 26.2 Å². The highest BCUT2D eigenvalue weighted by atomic mass is 16.4. The van der Waals surface area contributed by atoms with Gasteiger partial charge in [0.2, 0.25) is 0 Å². The third kappa shape index (κ3) is 4.65. The number of furan rings is 2. The molecule has 254 valence electrons. The average molecular weight is 661 g/mol. The maximum absolute atomic E-state index is 7.10. The van der Waals surface area contributed by atoms with Crippen LogP contribution in [0.2, 0.25) is 0 Å². The van der Waals surface area contributed by atoms with Crippen LogP contribution in [0.4, 0.5) is 34.3 Å². The van der Waals surface area contributed by atoms with E-state index in [9.17, 15) is 0 Å². The molecule has 0 spiro atoms. The van der Waals surface area contributed by atoms with Crippen molar-refractivity contribution in [3.8, 4) is 0 Å². The Labute approximate surface area is 298 Å². The summed E-state index contributed by atoms with van der Waals surface area (Å²) in [6.07, 6.45) is 1.99. The summed E-state index contributed by atoms with van der Waals surface area (Å²) in [4.78, 5) is 4.96. The maximum atomic E-state index is 7.10. The summed E-state index contributed by atoms with van der Waals surface area (Å²) in [5.74, 6) is 1.89. The van der Waals surface area contributed by atoms with Gasteiger partial charge in [0.1, 0.15) is 11.3 Å². The monoisotopic (exact) mass is 660 g/mol. The van der Waals surface area contributed by atoms with Gasteiger partial charge < -0.3 is 13.7 Å². The van der Waals surface area contributed by atoms with Gasteiger partial charge in [0.15, 0.2) is 5.88 Å². The van der Waals surface area contributed by atoms with Crippen molar-refractivity contribution in [3.63, 3.8) is 0 Å². The van der Waals surface area contributed by atoms with E-state index in [0.29, 0.717) is 0 Å². The number of rotatable bonds is 2. The second-order valence-corrected chi connectivity index (χ2v) is 17.2. The Morgan fingerprint density at radius 1 is 0.560 bits per heavy atom. The van der Waals surface area contributed by atoms with Crippen LogP contribution in [0.25, 0.3) is 11.0 Å². The van der Waals surface area contributed by atoms with Gasteiger partial charge in [-0.25, -0.2) is 0 Å². The van der Waals surface area contributed by atoms with Crippen molar-refractivity contribution in [2.75, 3.05) is 9.80 Å². The standard InChI is InChI=1S/C45H49BN2O2/c1-24-16-27(4)40(28(5)17-24)47-34-15-14-31-32(44(8,9)10)23-49-42(31)39(34)46-33-22-37(45(11,12)13)50-43(33)48(36-21-26(3)20-35(47)38(36)46)41-29(6)18-25(2)19-30(41)7/h14-23H,1-13H3. The molecular formula is C45H49BN2O2. The zero-order chi connectivity index (χ0) is 35.8. The minimum atomic E-state index is -0.180. The number of aryl methyl sites for hydroxylation is 7. The number of nitrogens with zero attached hydrogens (tertiary/aromatic N) is 2. The molecule has 0 aliphatic carbocycles. The van der Waals surface area contributed by atoms with E-state index in [1.54, 1.807) is 0 Å². The average Bonchev–Trinajstić information content (AvgIpc) is 3.63. The van der Waals surface area contributed by atoms with Crippen molar-refractivity contribution < 1.29 is 8.83 Å². The molecule has 0 saturated heterocycles. The van der Waals surface area contributed by atoms with Gasteiger partial charge >= 0.3 is 0 Å². The maximum Gasteiger partial charge on any atom is 0.261 e. The molecule has 50 heavy (non-hydrogen) atoms. The fourth-order valence-electron chi connectivity index (χ4n) is 8.94. The summed E-state index contributed by atoms with van der Waals surface area (Å²) in [5, 5.41) is 1.18. The molecule has 2 aliphatic rings. The normalized spacial score (nSPS) is 14.0. The van der Waals surface area contributed by atoms with E-state index in [-0.39, 0.29) is 17.5 Å². The zero-order valence-corrected chi connectivity index (χ0v) is 32.1. The molecule has 2 aromatic heterocycles. The van der Waals surface area contributed by atoms with Crippen molar-refractivity contribution in [2.45, 2.75) is 101 Å². The Hall–Kier alpha value is -4.64.